The Morgan fingerprint density at radius 1 is 1.06 bits per heavy atom. The van der Waals surface area contributed by atoms with Gasteiger partial charge in [0.25, 0.3) is 0 Å². The van der Waals surface area contributed by atoms with Gasteiger partial charge in [-0.3, -0.25) is 14.1 Å². The second-order valence-electron chi connectivity index (χ2n) is 8.84. The van der Waals surface area contributed by atoms with E-state index in [0.717, 1.165) is 60.8 Å². The molecule has 0 spiro atoms. The topological polar surface area (TPSA) is 49.6 Å². The van der Waals surface area contributed by atoms with Gasteiger partial charge >= 0.3 is 0 Å². The number of carbonyl (C=O) groups excluding carboxylic acids is 1. The Morgan fingerprint density at radius 2 is 1.82 bits per heavy atom. The van der Waals surface area contributed by atoms with Crippen molar-refractivity contribution in [3.63, 3.8) is 0 Å². The Bertz CT molecular complexity index is 1200. The third-order valence-corrected chi connectivity index (χ3v) is 7.37. The summed E-state index contributed by atoms with van der Waals surface area (Å²) in [6.07, 6.45) is 5.47. The first-order valence-corrected chi connectivity index (χ1v) is 12.7. The van der Waals surface area contributed by atoms with Gasteiger partial charge in [0.05, 0.1) is 12.1 Å². The fourth-order valence-corrected chi connectivity index (χ4v) is 5.40. The highest BCUT2D eigenvalue weighted by atomic mass is 32.1. The van der Waals surface area contributed by atoms with Crippen LogP contribution >= 0.6 is 11.3 Å². The number of aryl methyl sites for hydroxylation is 1. The Balaban J connectivity index is 1.16. The normalized spacial score (nSPS) is 15.2. The highest BCUT2D eigenvalue weighted by molar-refractivity contribution is 7.15. The molecule has 2 aromatic carbocycles. The monoisotopic (exact) mass is 458 g/mol. The van der Waals surface area contributed by atoms with Crippen LogP contribution in [0.25, 0.3) is 16.2 Å². The molecule has 5 rings (SSSR count). The van der Waals surface area contributed by atoms with Gasteiger partial charge in [0.15, 0.2) is 4.96 Å². The number of rotatable bonds is 7. The van der Waals surface area contributed by atoms with Crippen LogP contribution in [-0.2, 0) is 24.2 Å². The first kappa shape index (κ1) is 21.9. The summed E-state index contributed by atoms with van der Waals surface area (Å²) in [7, 11) is 0. The molecule has 1 amide bonds. The van der Waals surface area contributed by atoms with Crippen LogP contribution in [0.4, 0.5) is 0 Å². The number of hydrogen-bond donors (Lipinski definition) is 1. The second kappa shape index (κ2) is 9.89. The lowest BCUT2D eigenvalue weighted by atomic mass is 10.0. The van der Waals surface area contributed by atoms with Crippen LogP contribution in [0.2, 0.25) is 0 Å². The maximum Gasteiger partial charge on any atom is 0.226 e. The van der Waals surface area contributed by atoms with E-state index in [1.807, 2.05) is 5.38 Å². The lowest BCUT2D eigenvalue weighted by Crippen LogP contribution is -2.44. The minimum absolute atomic E-state index is 0.0961. The van der Waals surface area contributed by atoms with Crippen LogP contribution in [0.5, 0.6) is 0 Å². The fourth-order valence-electron chi connectivity index (χ4n) is 4.53. The molecule has 170 valence electrons. The van der Waals surface area contributed by atoms with Crippen LogP contribution in [0.15, 0.2) is 66.2 Å². The highest BCUT2D eigenvalue weighted by Crippen LogP contribution is 2.24. The van der Waals surface area contributed by atoms with Gasteiger partial charge < -0.3 is 5.32 Å². The van der Waals surface area contributed by atoms with Crippen molar-refractivity contribution < 1.29 is 4.79 Å². The van der Waals surface area contributed by atoms with Crippen molar-refractivity contribution in [3.8, 4) is 11.3 Å². The Kier molecular flexibility index (Phi) is 6.55. The maximum absolute atomic E-state index is 12.8. The molecule has 0 saturated carbocycles. The molecule has 6 heteroatoms. The van der Waals surface area contributed by atoms with Crippen LogP contribution in [0, 0.1) is 0 Å². The number of thiazole rings is 1. The number of nitrogens with one attached hydrogen (secondary N) is 1. The molecule has 4 aromatic rings. The number of nitrogens with zero attached hydrogens (tertiary/aromatic N) is 3. The van der Waals surface area contributed by atoms with E-state index in [1.54, 1.807) is 11.3 Å². The molecular formula is C27H30N4OS. The van der Waals surface area contributed by atoms with Gasteiger partial charge in [-0.25, -0.2) is 4.98 Å². The molecule has 3 heterocycles. The van der Waals surface area contributed by atoms with Crippen molar-refractivity contribution in [2.75, 3.05) is 13.1 Å². The number of carbonyl (C=O) groups is 1. The van der Waals surface area contributed by atoms with Gasteiger partial charge in [0.1, 0.15) is 0 Å². The molecular weight excluding hydrogens is 428 g/mol. The minimum Gasteiger partial charge on any atom is -0.353 e. The highest BCUT2D eigenvalue weighted by Gasteiger charge is 2.21. The van der Waals surface area contributed by atoms with E-state index in [9.17, 15) is 4.79 Å². The smallest absolute Gasteiger partial charge is 0.226 e. The number of aromatic nitrogens is 2. The van der Waals surface area contributed by atoms with Crippen molar-refractivity contribution in [3.05, 3.63) is 83.0 Å². The fraction of sp³-hybridized carbons (Fsp3) is 0.333. The van der Waals surface area contributed by atoms with Crippen molar-refractivity contribution in [2.24, 2.45) is 0 Å². The second-order valence-corrected chi connectivity index (χ2v) is 9.67. The van der Waals surface area contributed by atoms with Gasteiger partial charge in [0.2, 0.25) is 5.91 Å². The lowest BCUT2D eigenvalue weighted by molar-refractivity contribution is -0.121. The number of amides is 1. The van der Waals surface area contributed by atoms with E-state index in [2.05, 4.69) is 82.3 Å². The molecule has 1 aliphatic rings. The standard InChI is InChI=1S/C27H30N4OS/c1-2-20-8-10-22(11-9-20)25-18-31-24(19-33-27(31)29-25)16-26(32)28-23-12-14-30(15-13-23)17-21-6-4-3-5-7-21/h3-11,18-19,23H,2,12-17H2,1H3,(H,28,32). The van der Waals surface area contributed by atoms with Crippen molar-refractivity contribution in [1.29, 1.82) is 0 Å². The summed E-state index contributed by atoms with van der Waals surface area (Å²) >= 11 is 1.59. The summed E-state index contributed by atoms with van der Waals surface area (Å²) in [6.45, 7) is 5.18. The molecule has 1 saturated heterocycles. The molecule has 33 heavy (non-hydrogen) atoms. The first-order valence-electron chi connectivity index (χ1n) is 11.8. The molecule has 1 aliphatic heterocycles. The molecule has 0 atom stereocenters. The first-order chi connectivity index (χ1) is 16.2. The molecule has 0 unspecified atom stereocenters. The summed E-state index contributed by atoms with van der Waals surface area (Å²) in [6, 6.07) is 19.4. The maximum atomic E-state index is 12.8. The minimum atomic E-state index is 0.0961. The number of likely N-dealkylation sites (tertiary alicyclic amines) is 1. The van der Waals surface area contributed by atoms with Gasteiger partial charge in [0, 0.05) is 48.5 Å². The molecule has 0 bridgehead atoms. The third kappa shape index (κ3) is 5.18. The number of imidazole rings is 1. The summed E-state index contributed by atoms with van der Waals surface area (Å²) < 4.78 is 2.07. The van der Waals surface area contributed by atoms with E-state index >= 15 is 0 Å². The zero-order chi connectivity index (χ0) is 22.6. The van der Waals surface area contributed by atoms with E-state index < -0.39 is 0 Å². The van der Waals surface area contributed by atoms with Gasteiger partial charge in [-0.15, -0.1) is 11.3 Å². The lowest BCUT2D eigenvalue weighted by Gasteiger charge is -2.32. The van der Waals surface area contributed by atoms with Gasteiger partial charge in [-0.2, -0.15) is 0 Å². The van der Waals surface area contributed by atoms with Crippen LogP contribution in [0.1, 0.15) is 36.6 Å². The quantitative estimate of drug-likeness (QED) is 0.426. The number of fused-ring (bicyclic) bond motifs is 1. The van der Waals surface area contributed by atoms with Crippen molar-refractivity contribution >= 4 is 22.2 Å². The summed E-state index contributed by atoms with van der Waals surface area (Å²) in [5.74, 6) is 0.0961. The molecule has 0 aliphatic carbocycles. The molecule has 5 nitrogen and oxygen atoms in total. The Hall–Kier alpha value is -2.96. The molecule has 1 N–H and O–H groups in total. The van der Waals surface area contributed by atoms with Crippen molar-refractivity contribution in [2.45, 2.75) is 45.2 Å². The van der Waals surface area contributed by atoms with Crippen LogP contribution in [0.3, 0.4) is 0 Å². The van der Waals surface area contributed by atoms with Gasteiger partial charge in [-0.1, -0.05) is 61.5 Å². The Morgan fingerprint density at radius 3 is 2.55 bits per heavy atom. The largest absolute Gasteiger partial charge is 0.353 e. The third-order valence-electron chi connectivity index (χ3n) is 6.48. The molecule has 0 radical (unpaired) electrons. The molecule has 2 aromatic heterocycles. The zero-order valence-electron chi connectivity index (χ0n) is 19.0. The number of benzene rings is 2. The molecule has 1 fully saturated rings. The number of piperidine rings is 1. The summed E-state index contributed by atoms with van der Waals surface area (Å²) in [4.78, 5) is 21.0. The SMILES string of the molecule is CCc1ccc(-c2cn3c(CC(=O)NC4CCN(Cc5ccccc5)CC4)csc3n2)cc1. The average Bonchev–Trinajstić information content (AvgIpc) is 3.43. The summed E-state index contributed by atoms with van der Waals surface area (Å²) in [5, 5.41) is 5.31. The van der Waals surface area contributed by atoms with Gasteiger partial charge in [-0.05, 0) is 30.4 Å². The van der Waals surface area contributed by atoms with E-state index in [-0.39, 0.29) is 11.9 Å². The van der Waals surface area contributed by atoms with Crippen LogP contribution < -0.4 is 5.32 Å². The van der Waals surface area contributed by atoms with E-state index in [0.29, 0.717) is 6.42 Å². The summed E-state index contributed by atoms with van der Waals surface area (Å²) in [5.41, 5.74) is 5.74. The van der Waals surface area contributed by atoms with Crippen molar-refractivity contribution in [1.82, 2.24) is 19.6 Å². The van der Waals surface area contributed by atoms with E-state index in [4.69, 9.17) is 4.98 Å². The zero-order valence-corrected chi connectivity index (χ0v) is 19.9. The predicted molar refractivity (Wildman–Crippen MR) is 134 cm³/mol. The van der Waals surface area contributed by atoms with Crippen LogP contribution in [-0.4, -0.2) is 39.3 Å². The average molecular weight is 459 g/mol. The van der Waals surface area contributed by atoms with E-state index in [1.165, 1.54) is 11.1 Å². The number of hydrogen-bond acceptors (Lipinski definition) is 4. The predicted octanol–water partition coefficient (Wildman–Crippen LogP) is 4.95. The Labute approximate surface area is 199 Å².